The van der Waals surface area contributed by atoms with Crippen LogP contribution in [0.4, 0.5) is 0 Å². The molecule has 4 nitrogen and oxygen atoms in total. The summed E-state index contributed by atoms with van der Waals surface area (Å²) >= 11 is 0. The van der Waals surface area contributed by atoms with Crippen molar-refractivity contribution in [3.8, 4) is 0 Å². The zero-order valence-electron chi connectivity index (χ0n) is 11.8. The molecule has 0 aliphatic carbocycles. The van der Waals surface area contributed by atoms with Gasteiger partial charge in [-0.05, 0) is 26.5 Å². The van der Waals surface area contributed by atoms with E-state index in [1.165, 1.54) is 11.1 Å². The summed E-state index contributed by atoms with van der Waals surface area (Å²) in [4.78, 5) is 2.23. The molecule has 1 atom stereocenters. The van der Waals surface area contributed by atoms with E-state index in [9.17, 15) is 8.42 Å². The Balaban J connectivity index is 2.22. The summed E-state index contributed by atoms with van der Waals surface area (Å²) in [7, 11) is -1.03. The van der Waals surface area contributed by atoms with E-state index in [0.29, 0.717) is 13.1 Å². The van der Waals surface area contributed by atoms with E-state index < -0.39 is 10.0 Å². The molecule has 2 rings (SSSR count). The molecular formula is C14H22N2O2S. The number of sulfonamides is 1. The summed E-state index contributed by atoms with van der Waals surface area (Å²) in [5.41, 5.74) is 2.41. The van der Waals surface area contributed by atoms with Crippen LogP contribution < -0.4 is 0 Å². The standard InChI is InChI=1S/C14H22N2O2S/c1-4-19(17,18)16-10-9-15(3)14(11-16)13-7-5-12(2)6-8-13/h5-8,14H,4,9-11H2,1-3H3. The van der Waals surface area contributed by atoms with Gasteiger partial charge in [-0.15, -0.1) is 0 Å². The third kappa shape index (κ3) is 3.16. The van der Waals surface area contributed by atoms with Crippen LogP contribution in [0.2, 0.25) is 0 Å². The number of likely N-dealkylation sites (N-methyl/N-ethyl adjacent to an activating group) is 1. The van der Waals surface area contributed by atoms with E-state index in [1.807, 2.05) is 0 Å². The predicted octanol–water partition coefficient (Wildman–Crippen LogP) is 1.63. The van der Waals surface area contributed by atoms with Crippen LogP contribution in [0.1, 0.15) is 24.1 Å². The van der Waals surface area contributed by atoms with Crippen LogP contribution >= 0.6 is 0 Å². The van der Waals surface area contributed by atoms with Gasteiger partial charge in [-0.3, -0.25) is 4.90 Å². The summed E-state index contributed by atoms with van der Waals surface area (Å²) in [5.74, 6) is 0.178. The van der Waals surface area contributed by atoms with Crippen LogP contribution in [0.25, 0.3) is 0 Å². The van der Waals surface area contributed by atoms with Gasteiger partial charge in [0.25, 0.3) is 0 Å². The maximum atomic E-state index is 12.0. The molecule has 1 fully saturated rings. The van der Waals surface area contributed by atoms with E-state index in [4.69, 9.17) is 0 Å². The number of piperazine rings is 1. The first-order valence-corrected chi connectivity index (χ1v) is 8.29. The molecule has 0 bridgehead atoms. The minimum atomic E-state index is -3.09. The highest BCUT2D eigenvalue weighted by Gasteiger charge is 2.31. The summed E-state index contributed by atoms with van der Waals surface area (Å²) in [6.45, 7) is 5.68. The summed E-state index contributed by atoms with van der Waals surface area (Å²) in [6.07, 6.45) is 0. The largest absolute Gasteiger partial charge is 0.297 e. The van der Waals surface area contributed by atoms with Gasteiger partial charge in [-0.2, -0.15) is 4.31 Å². The molecule has 1 aliphatic heterocycles. The minimum absolute atomic E-state index is 0.149. The molecule has 0 amide bonds. The predicted molar refractivity (Wildman–Crippen MR) is 77.6 cm³/mol. The lowest BCUT2D eigenvalue weighted by Gasteiger charge is -2.38. The Morgan fingerprint density at radius 3 is 2.42 bits per heavy atom. The van der Waals surface area contributed by atoms with E-state index in [1.54, 1.807) is 11.2 Å². The molecule has 1 heterocycles. The molecule has 1 saturated heterocycles. The number of aryl methyl sites for hydroxylation is 1. The normalized spacial score (nSPS) is 22.6. The van der Waals surface area contributed by atoms with E-state index in [-0.39, 0.29) is 11.8 Å². The lowest BCUT2D eigenvalue weighted by molar-refractivity contribution is 0.148. The van der Waals surface area contributed by atoms with Crippen molar-refractivity contribution in [2.24, 2.45) is 0 Å². The molecule has 5 heteroatoms. The molecule has 1 unspecified atom stereocenters. The molecule has 0 saturated carbocycles. The van der Waals surface area contributed by atoms with Crippen molar-refractivity contribution in [2.45, 2.75) is 19.9 Å². The highest BCUT2D eigenvalue weighted by Crippen LogP contribution is 2.25. The zero-order valence-corrected chi connectivity index (χ0v) is 12.7. The van der Waals surface area contributed by atoms with Crippen LogP contribution in [0.3, 0.4) is 0 Å². The molecule has 1 aromatic rings. The van der Waals surface area contributed by atoms with Gasteiger partial charge >= 0.3 is 0 Å². The van der Waals surface area contributed by atoms with Gasteiger partial charge in [0.15, 0.2) is 0 Å². The Bertz CT molecular complexity index is 525. The van der Waals surface area contributed by atoms with E-state index >= 15 is 0 Å². The highest BCUT2D eigenvalue weighted by atomic mass is 32.2. The quantitative estimate of drug-likeness (QED) is 0.846. The second-order valence-electron chi connectivity index (χ2n) is 5.17. The van der Waals surface area contributed by atoms with Crippen molar-refractivity contribution >= 4 is 10.0 Å². The smallest absolute Gasteiger partial charge is 0.213 e. The van der Waals surface area contributed by atoms with Crippen molar-refractivity contribution in [3.63, 3.8) is 0 Å². The minimum Gasteiger partial charge on any atom is -0.297 e. The molecular weight excluding hydrogens is 260 g/mol. The Morgan fingerprint density at radius 2 is 1.84 bits per heavy atom. The SMILES string of the molecule is CCS(=O)(=O)N1CCN(C)C(c2ccc(C)cc2)C1. The van der Waals surface area contributed by atoms with Gasteiger partial charge in [-0.1, -0.05) is 29.8 Å². The van der Waals surface area contributed by atoms with Gasteiger partial charge in [0.1, 0.15) is 0 Å². The van der Waals surface area contributed by atoms with Crippen molar-refractivity contribution < 1.29 is 8.42 Å². The van der Waals surface area contributed by atoms with Crippen LogP contribution in [0, 0.1) is 6.92 Å². The van der Waals surface area contributed by atoms with Gasteiger partial charge in [0, 0.05) is 25.7 Å². The maximum Gasteiger partial charge on any atom is 0.213 e. The second-order valence-corrected chi connectivity index (χ2v) is 7.42. The third-order valence-corrected chi connectivity index (χ3v) is 5.68. The first-order valence-electron chi connectivity index (χ1n) is 6.68. The monoisotopic (exact) mass is 282 g/mol. The fraction of sp³-hybridized carbons (Fsp3) is 0.571. The summed E-state index contributed by atoms with van der Waals surface area (Å²) < 4.78 is 25.6. The number of rotatable bonds is 3. The Hall–Kier alpha value is -0.910. The van der Waals surface area contributed by atoms with Gasteiger partial charge in [0.2, 0.25) is 10.0 Å². The van der Waals surface area contributed by atoms with Crippen LogP contribution in [-0.4, -0.2) is 50.1 Å². The van der Waals surface area contributed by atoms with Crippen LogP contribution in [0.15, 0.2) is 24.3 Å². The number of benzene rings is 1. The third-order valence-electron chi connectivity index (χ3n) is 3.83. The van der Waals surface area contributed by atoms with E-state index in [2.05, 4.69) is 43.1 Å². The first kappa shape index (κ1) is 14.5. The molecule has 106 valence electrons. The van der Waals surface area contributed by atoms with Gasteiger partial charge in [-0.25, -0.2) is 8.42 Å². The first-order chi connectivity index (χ1) is 8.94. The van der Waals surface area contributed by atoms with Crippen molar-refractivity contribution in [2.75, 3.05) is 32.4 Å². The lowest BCUT2D eigenvalue weighted by Crippen LogP contribution is -2.49. The Labute approximate surface area is 116 Å². The fourth-order valence-corrected chi connectivity index (χ4v) is 3.53. The molecule has 1 aromatic carbocycles. The Morgan fingerprint density at radius 1 is 1.21 bits per heavy atom. The van der Waals surface area contributed by atoms with Crippen molar-refractivity contribution in [1.29, 1.82) is 0 Å². The number of nitrogens with zero attached hydrogens (tertiary/aromatic N) is 2. The summed E-state index contributed by atoms with van der Waals surface area (Å²) in [6, 6.07) is 8.50. The number of hydrogen-bond acceptors (Lipinski definition) is 3. The molecule has 0 spiro atoms. The molecule has 0 aromatic heterocycles. The molecule has 19 heavy (non-hydrogen) atoms. The topological polar surface area (TPSA) is 40.6 Å². The maximum absolute atomic E-state index is 12.0. The van der Waals surface area contributed by atoms with E-state index in [0.717, 1.165) is 6.54 Å². The Kier molecular flexibility index (Phi) is 4.28. The average Bonchev–Trinajstić information content (AvgIpc) is 2.40. The average molecular weight is 282 g/mol. The van der Waals surface area contributed by atoms with Crippen molar-refractivity contribution in [1.82, 2.24) is 9.21 Å². The molecule has 0 radical (unpaired) electrons. The lowest BCUT2D eigenvalue weighted by atomic mass is 10.0. The second kappa shape index (κ2) is 5.61. The molecule has 0 N–H and O–H groups in total. The van der Waals surface area contributed by atoms with Gasteiger partial charge < -0.3 is 0 Å². The summed E-state index contributed by atoms with van der Waals surface area (Å²) in [5, 5.41) is 0. The van der Waals surface area contributed by atoms with Crippen LogP contribution in [-0.2, 0) is 10.0 Å². The highest BCUT2D eigenvalue weighted by molar-refractivity contribution is 7.89. The van der Waals surface area contributed by atoms with Crippen LogP contribution in [0.5, 0.6) is 0 Å². The van der Waals surface area contributed by atoms with Gasteiger partial charge in [0.05, 0.1) is 5.75 Å². The van der Waals surface area contributed by atoms with Crippen molar-refractivity contribution in [3.05, 3.63) is 35.4 Å². The molecule has 1 aliphatic rings. The zero-order chi connectivity index (χ0) is 14.0. The fourth-order valence-electron chi connectivity index (χ4n) is 2.43. The number of hydrogen-bond donors (Lipinski definition) is 0.